The molecule has 0 aromatic carbocycles. The van der Waals surface area contributed by atoms with Crippen molar-refractivity contribution in [1.29, 1.82) is 0 Å². The number of amides is 2. The lowest BCUT2D eigenvalue weighted by molar-refractivity contribution is -0.0520. The lowest BCUT2D eigenvalue weighted by Crippen LogP contribution is -2.38. The van der Waals surface area contributed by atoms with Crippen molar-refractivity contribution < 1.29 is 14.3 Å². The van der Waals surface area contributed by atoms with Crippen LogP contribution < -0.4 is 5.73 Å². The van der Waals surface area contributed by atoms with Gasteiger partial charge >= 0.3 is 6.03 Å². The monoisotopic (exact) mass is 160 g/mol. The van der Waals surface area contributed by atoms with Crippen molar-refractivity contribution in [3.8, 4) is 0 Å². The molecule has 5 heteroatoms. The predicted octanol–water partition coefficient (Wildman–Crippen LogP) is -0.630. The summed E-state index contributed by atoms with van der Waals surface area (Å²) >= 11 is 0. The molecule has 0 radical (unpaired) electrons. The number of nitrogens with zero attached hydrogens (tertiary/aromatic N) is 1. The summed E-state index contributed by atoms with van der Waals surface area (Å²) in [5.74, 6) is 0. The molecular weight excluding hydrogens is 148 g/mol. The standard InChI is InChI=1S/C6H12N2O3/c1-8(6(7)9)4-5-10-2-3-11-5/h5H,2-4H2,1H3,(H2,7,9). The average molecular weight is 160 g/mol. The molecule has 0 spiro atoms. The molecule has 0 unspecified atom stereocenters. The Morgan fingerprint density at radius 1 is 1.64 bits per heavy atom. The Balaban J connectivity index is 2.23. The van der Waals surface area contributed by atoms with Gasteiger partial charge in [0.15, 0.2) is 6.29 Å². The van der Waals surface area contributed by atoms with Gasteiger partial charge in [0.05, 0.1) is 19.8 Å². The third-order valence-electron chi connectivity index (χ3n) is 1.49. The zero-order chi connectivity index (χ0) is 8.27. The van der Waals surface area contributed by atoms with Crippen LogP contribution in [0.4, 0.5) is 4.79 Å². The molecule has 0 aromatic rings. The summed E-state index contributed by atoms with van der Waals surface area (Å²) in [6.45, 7) is 1.59. The van der Waals surface area contributed by atoms with Crippen molar-refractivity contribution in [3.05, 3.63) is 0 Å². The number of carbonyl (C=O) groups is 1. The number of hydrogen-bond donors (Lipinski definition) is 1. The normalized spacial score (nSPS) is 18.6. The Morgan fingerprint density at radius 3 is 2.64 bits per heavy atom. The average Bonchev–Trinajstić information content (AvgIpc) is 2.39. The summed E-state index contributed by atoms with van der Waals surface area (Å²) < 4.78 is 10.2. The van der Waals surface area contributed by atoms with Gasteiger partial charge in [0.1, 0.15) is 0 Å². The van der Waals surface area contributed by atoms with Crippen LogP contribution in [0.25, 0.3) is 0 Å². The number of primary amides is 1. The Hall–Kier alpha value is -0.810. The molecule has 64 valence electrons. The van der Waals surface area contributed by atoms with Crippen molar-refractivity contribution in [2.45, 2.75) is 6.29 Å². The van der Waals surface area contributed by atoms with E-state index in [-0.39, 0.29) is 6.29 Å². The van der Waals surface area contributed by atoms with E-state index in [1.807, 2.05) is 0 Å². The molecule has 0 aromatic heterocycles. The van der Waals surface area contributed by atoms with E-state index >= 15 is 0 Å². The van der Waals surface area contributed by atoms with Crippen molar-refractivity contribution in [1.82, 2.24) is 4.90 Å². The summed E-state index contributed by atoms with van der Waals surface area (Å²) in [7, 11) is 1.60. The van der Waals surface area contributed by atoms with E-state index in [2.05, 4.69) is 0 Å². The second kappa shape index (κ2) is 3.54. The van der Waals surface area contributed by atoms with E-state index in [4.69, 9.17) is 15.2 Å². The maximum Gasteiger partial charge on any atom is 0.314 e. The molecule has 1 aliphatic heterocycles. The SMILES string of the molecule is CN(CC1OCCO1)C(N)=O. The van der Waals surface area contributed by atoms with E-state index in [0.29, 0.717) is 19.8 Å². The fourth-order valence-corrected chi connectivity index (χ4v) is 0.826. The van der Waals surface area contributed by atoms with Crippen LogP contribution in [0, 0.1) is 0 Å². The smallest absolute Gasteiger partial charge is 0.314 e. The highest BCUT2D eigenvalue weighted by molar-refractivity contribution is 5.71. The summed E-state index contributed by atoms with van der Waals surface area (Å²) in [6.07, 6.45) is -0.299. The highest BCUT2D eigenvalue weighted by Gasteiger charge is 2.18. The molecule has 2 amide bonds. The number of ether oxygens (including phenoxy) is 2. The van der Waals surface area contributed by atoms with Crippen LogP contribution in [-0.2, 0) is 9.47 Å². The van der Waals surface area contributed by atoms with Gasteiger partial charge in [-0.1, -0.05) is 0 Å². The van der Waals surface area contributed by atoms with Gasteiger partial charge in [-0.2, -0.15) is 0 Å². The Labute approximate surface area is 65.0 Å². The molecule has 1 aliphatic rings. The van der Waals surface area contributed by atoms with Gasteiger partial charge in [0, 0.05) is 7.05 Å². The maximum atomic E-state index is 10.5. The maximum absolute atomic E-state index is 10.5. The number of hydrogen-bond acceptors (Lipinski definition) is 3. The molecule has 0 atom stereocenters. The summed E-state index contributed by atoms with van der Waals surface area (Å²) in [6, 6.07) is -0.468. The predicted molar refractivity (Wildman–Crippen MR) is 37.9 cm³/mol. The number of carbonyl (C=O) groups excluding carboxylic acids is 1. The zero-order valence-corrected chi connectivity index (χ0v) is 6.45. The Kier molecular flexibility index (Phi) is 2.67. The molecule has 1 heterocycles. The van der Waals surface area contributed by atoms with E-state index in [1.165, 1.54) is 4.90 Å². The highest BCUT2D eigenvalue weighted by Crippen LogP contribution is 2.04. The van der Waals surface area contributed by atoms with Crippen molar-refractivity contribution in [3.63, 3.8) is 0 Å². The van der Waals surface area contributed by atoms with Gasteiger partial charge in [-0.05, 0) is 0 Å². The van der Waals surface area contributed by atoms with E-state index < -0.39 is 6.03 Å². The van der Waals surface area contributed by atoms with Gasteiger partial charge < -0.3 is 20.1 Å². The van der Waals surface area contributed by atoms with Gasteiger partial charge in [-0.3, -0.25) is 0 Å². The fraction of sp³-hybridized carbons (Fsp3) is 0.833. The highest BCUT2D eigenvalue weighted by atomic mass is 16.7. The van der Waals surface area contributed by atoms with E-state index in [0.717, 1.165) is 0 Å². The summed E-state index contributed by atoms with van der Waals surface area (Å²) in [5.41, 5.74) is 4.99. The molecule has 0 bridgehead atoms. The van der Waals surface area contributed by atoms with Gasteiger partial charge in [-0.25, -0.2) is 4.79 Å². The quantitative estimate of drug-likeness (QED) is 0.585. The molecule has 0 aliphatic carbocycles. The number of rotatable bonds is 2. The third-order valence-corrected chi connectivity index (χ3v) is 1.49. The van der Waals surface area contributed by atoms with Crippen LogP contribution in [0.15, 0.2) is 0 Å². The zero-order valence-electron chi connectivity index (χ0n) is 6.45. The molecule has 1 saturated heterocycles. The largest absolute Gasteiger partial charge is 0.351 e. The molecule has 0 saturated carbocycles. The van der Waals surface area contributed by atoms with Crippen LogP contribution in [0.2, 0.25) is 0 Å². The lowest BCUT2D eigenvalue weighted by Gasteiger charge is -2.17. The van der Waals surface area contributed by atoms with E-state index in [9.17, 15) is 4.79 Å². The first-order valence-corrected chi connectivity index (χ1v) is 3.44. The summed E-state index contributed by atoms with van der Waals surface area (Å²) in [4.78, 5) is 11.9. The topological polar surface area (TPSA) is 64.8 Å². The molecule has 1 rings (SSSR count). The lowest BCUT2D eigenvalue weighted by atomic mass is 10.5. The van der Waals surface area contributed by atoms with Crippen LogP contribution in [0.3, 0.4) is 0 Å². The third kappa shape index (κ3) is 2.36. The van der Waals surface area contributed by atoms with Crippen molar-refractivity contribution in [2.24, 2.45) is 5.73 Å². The molecule has 2 N–H and O–H groups in total. The minimum absolute atomic E-state index is 0.299. The number of likely N-dealkylation sites (N-methyl/N-ethyl adjacent to an activating group) is 1. The van der Waals surface area contributed by atoms with Crippen molar-refractivity contribution >= 4 is 6.03 Å². The first kappa shape index (κ1) is 8.29. The molecule has 1 fully saturated rings. The molecule has 11 heavy (non-hydrogen) atoms. The van der Waals surface area contributed by atoms with Gasteiger partial charge in [-0.15, -0.1) is 0 Å². The van der Waals surface area contributed by atoms with Crippen LogP contribution in [0.1, 0.15) is 0 Å². The van der Waals surface area contributed by atoms with E-state index in [1.54, 1.807) is 7.05 Å². The number of nitrogens with two attached hydrogens (primary N) is 1. The molecule has 5 nitrogen and oxygen atoms in total. The minimum atomic E-state index is -0.468. The van der Waals surface area contributed by atoms with Gasteiger partial charge in [0.25, 0.3) is 0 Å². The van der Waals surface area contributed by atoms with Gasteiger partial charge in [0.2, 0.25) is 0 Å². The van der Waals surface area contributed by atoms with Crippen LogP contribution >= 0.6 is 0 Å². The summed E-state index contributed by atoms with van der Waals surface area (Å²) in [5, 5.41) is 0. The fourth-order valence-electron chi connectivity index (χ4n) is 0.826. The minimum Gasteiger partial charge on any atom is -0.351 e. The van der Waals surface area contributed by atoms with Crippen molar-refractivity contribution in [2.75, 3.05) is 26.8 Å². The molecular formula is C6H12N2O3. The first-order valence-electron chi connectivity index (χ1n) is 3.44. The number of urea groups is 1. The Bertz CT molecular complexity index is 145. The van der Waals surface area contributed by atoms with Crippen LogP contribution in [0.5, 0.6) is 0 Å². The Morgan fingerprint density at radius 2 is 2.18 bits per heavy atom. The first-order chi connectivity index (χ1) is 5.20. The van der Waals surface area contributed by atoms with Crippen LogP contribution in [-0.4, -0.2) is 44.0 Å². The second-order valence-corrected chi connectivity index (χ2v) is 2.39. The second-order valence-electron chi connectivity index (χ2n) is 2.39.